The highest BCUT2D eigenvalue weighted by Crippen LogP contribution is 2.20. The number of nitrogens with zero attached hydrogens (tertiary/aromatic N) is 2. The third kappa shape index (κ3) is 2.57. The second-order valence-electron chi connectivity index (χ2n) is 4.36. The Morgan fingerprint density at radius 2 is 2.16 bits per heavy atom. The first-order valence-electron chi connectivity index (χ1n) is 5.97. The smallest absolute Gasteiger partial charge is 0.323 e. The van der Waals surface area contributed by atoms with Crippen molar-refractivity contribution in [2.75, 3.05) is 13.1 Å². The number of H-pyrrole nitrogens is 1. The minimum Gasteiger partial charge on any atom is -0.480 e. The molecule has 6 nitrogen and oxygen atoms in total. The Kier molecular flexibility index (Phi) is 3.50. The van der Waals surface area contributed by atoms with Gasteiger partial charge in [0.1, 0.15) is 6.54 Å². The van der Waals surface area contributed by atoms with Crippen molar-refractivity contribution in [2.24, 2.45) is 0 Å². The molecule has 2 rings (SSSR count). The van der Waals surface area contributed by atoms with Gasteiger partial charge in [0.15, 0.2) is 0 Å². The van der Waals surface area contributed by atoms with Crippen molar-refractivity contribution < 1.29 is 14.7 Å². The molecule has 0 spiro atoms. The first kappa shape index (κ1) is 13.1. The Labute approximate surface area is 110 Å². The predicted molar refractivity (Wildman–Crippen MR) is 70.0 cm³/mol. The van der Waals surface area contributed by atoms with Gasteiger partial charge in [0.05, 0.1) is 17.3 Å². The average molecular weight is 261 g/mol. The van der Waals surface area contributed by atoms with Crippen molar-refractivity contribution in [3.05, 3.63) is 29.5 Å². The van der Waals surface area contributed by atoms with E-state index in [0.29, 0.717) is 17.6 Å². The number of hydrogen-bond acceptors (Lipinski definition) is 3. The number of aryl methyl sites for hydroxylation is 1. The van der Waals surface area contributed by atoms with Gasteiger partial charge in [0, 0.05) is 11.9 Å². The van der Waals surface area contributed by atoms with Crippen LogP contribution in [0.5, 0.6) is 0 Å². The van der Waals surface area contributed by atoms with Crippen LogP contribution in [0.4, 0.5) is 0 Å². The summed E-state index contributed by atoms with van der Waals surface area (Å²) in [5.74, 6) is -1.33. The number of carbonyl (C=O) groups is 2. The molecule has 0 aliphatic heterocycles. The van der Waals surface area contributed by atoms with E-state index in [9.17, 15) is 9.59 Å². The van der Waals surface area contributed by atoms with E-state index in [4.69, 9.17) is 5.11 Å². The highest BCUT2D eigenvalue weighted by Gasteiger charge is 2.20. The van der Waals surface area contributed by atoms with E-state index in [0.717, 1.165) is 10.9 Å². The Morgan fingerprint density at radius 3 is 2.79 bits per heavy atom. The quantitative estimate of drug-likeness (QED) is 0.871. The normalized spacial score (nSPS) is 10.6. The molecular weight excluding hydrogens is 246 g/mol. The van der Waals surface area contributed by atoms with Gasteiger partial charge < -0.3 is 10.0 Å². The van der Waals surface area contributed by atoms with E-state index in [1.54, 1.807) is 19.2 Å². The third-order valence-corrected chi connectivity index (χ3v) is 2.92. The van der Waals surface area contributed by atoms with Crippen LogP contribution in [0.1, 0.15) is 22.8 Å². The maximum Gasteiger partial charge on any atom is 0.323 e. The molecule has 0 aliphatic carbocycles. The van der Waals surface area contributed by atoms with E-state index in [1.807, 2.05) is 13.0 Å². The molecule has 100 valence electrons. The Bertz CT molecular complexity index is 633. The van der Waals surface area contributed by atoms with Crippen LogP contribution in [0.3, 0.4) is 0 Å². The van der Waals surface area contributed by atoms with E-state index in [1.165, 1.54) is 4.90 Å². The minimum atomic E-state index is -1.02. The summed E-state index contributed by atoms with van der Waals surface area (Å²) in [6, 6.07) is 3.66. The zero-order valence-corrected chi connectivity index (χ0v) is 10.8. The van der Waals surface area contributed by atoms with Crippen LogP contribution < -0.4 is 0 Å². The Balaban J connectivity index is 2.45. The summed E-state index contributed by atoms with van der Waals surface area (Å²) in [4.78, 5) is 24.5. The van der Waals surface area contributed by atoms with Gasteiger partial charge in [-0.1, -0.05) is 0 Å². The van der Waals surface area contributed by atoms with Gasteiger partial charge in [0.25, 0.3) is 5.91 Å². The highest BCUT2D eigenvalue weighted by molar-refractivity contribution is 6.06. The second kappa shape index (κ2) is 5.09. The van der Waals surface area contributed by atoms with Gasteiger partial charge in [-0.3, -0.25) is 14.7 Å². The Hall–Kier alpha value is -2.37. The zero-order valence-electron chi connectivity index (χ0n) is 10.8. The van der Waals surface area contributed by atoms with Gasteiger partial charge in [-0.15, -0.1) is 0 Å². The molecule has 6 heteroatoms. The van der Waals surface area contributed by atoms with Crippen molar-refractivity contribution in [2.45, 2.75) is 13.8 Å². The summed E-state index contributed by atoms with van der Waals surface area (Å²) in [6.07, 6.45) is 1.65. The molecule has 0 atom stereocenters. The molecule has 2 aromatic rings. The van der Waals surface area contributed by atoms with E-state index >= 15 is 0 Å². The number of amides is 1. The number of hydrogen-bond donors (Lipinski definition) is 2. The standard InChI is InChI=1S/C13H15N3O3/c1-3-16(7-11(17)18)13(19)10-5-8(2)4-9-6-14-15-12(9)10/h4-6H,3,7H2,1-2H3,(H,14,15)(H,17,18). The number of aliphatic carboxylic acids is 1. The van der Waals surface area contributed by atoms with Crippen LogP contribution in [0, 0.1) is 6.92 Å². The topological polar surface area (TPSA) is 86.3 Å². The first-order valence-corrected chi connectivity index (χ1v) is 5.97. The lowest BCUT2D eigenvalue weighted by Crippen LogP contribution is -2.35. The number of likely N-dealkylation sites (N-methyl/N-ethyl adjacent to an activating group) is 1. The van der Waals surface area contributed by atoms with E-state index in [-0.39, 0.29) is 12.5 Å². The molecule has 0 fully saturated rings. The second-order valence-corrected chi connectivity index (χ2v) is 4.36. The number of carbonyl (C=O) groups excluding carboxylic acids is 1. The number of nitrogens with one attached hydrogen (secondary N) is 1. The van der Waals surface area contributed by atoms with Crippen molar-refractivity contribution >= 4 is 22.8 Å². The zero-order chi connectivity index (χ0) is 14.0. The minimum absolute atomic E-state index is 0.303. The van der Waals surface area contributed by atoms with Gasteiger partial charge in [0.2, 0.25) is 0 Å². The molecule has 0 bridgehead atoms. The molecule has 0 saturated heterocycles. The summed E-state index contributed by atoms with van der Waals surface area (Å²) < 4.78 is 0. The van der Waals surface area contributed by atoms with Gasteiger partial charge in [-0.25, -0.2) is 0 Å². The van der Waals surface area contributed by atoms with Crippen LogP contribution >= 0.6 is 0 Å². The lowest BCUT2D eigenvalue weighted by molar-refractivity contribution is -0.137. The fourth-order valence-corrected chi connectivity index (χ4v) is 2.04. The van der Waals surface area contributed by atoms with Crippen molar-refractivity contribution in [1.29, 1.82) is 0 Å². The monoisotopic (exact) mass is 261 g/mol. The number of carboxylic acid groups (broad SMARTS) is 1. The maximum atomic E-state index is 12.4. The SMILES string of the molecule is CCN(CC(=O)O)C(=O)c1cc(C)cc2cn[nH]c12. The number of aromatic nitrogens is 2. The number of rotatable bonds is 4. The molecule has 0 saturated carbocycles. The van der Waals surface area contributed by atoms with Crippen LogP contribution in [0.15, 0.2) is 18.3 Å². The fourth-order valence-electron chi connectivity index (χ4n) is 2.04. The molecule has 1 heterocycles. The predicted octanol–water partition coefficient (Wildman–Crippen LogP) is 1.42. The molecule has 0 unspecified atom stereocenters. The van der Waals surface area contributed by atoms with Crippen LogP contribution in [-0.2, 0) is 4.79 Å². The lowest BCUT2D eigenvalue weighted by Gasteiger charge is -2.19. The molecule has 2 N–H and O–H groups in total. The largest absolute Gasteiger partial charge is 0.480 e. The van der Waals surface area contributed by atoms with Crippen molar-refractivity contribution in [1.82, 2.24) is 15.1 Å². The van der Waals surface area contributed by atoms with Crippen LogP contribution in [0.2, 0.25) is 0 Å². The summed E-state index contributed by atoms with van der Waals surface area (Å²) >= 11 is 0. The highest BCUT2D eigenvalue weighted by atomic mass is 16.4. The van der Waals surface area contributed by atoms with Gasteiger partial charge in [-0.05, 0) is 31.5 Å². The Morgan fingerprint density at radius 1 is 1.42 bits per heavy atom. The summed E-state index contributed by atoms with van der Waals surface area (Å²) in [7, 11) is 0. The number of aromatic amines is 1. The molecule has 19 heavy (non-hydrogen) atoms. The van der Waals surface area contributed by atoms with Gasteiger partial charge >= 0.3 is 5.97 Å². The summed E-state index contributed by atoms with van der Waals surface area (Å²) in [6.45, 7) is 3.67. The molecule has 1 aromatic heterocycles. The molecule has 0 radical (unpaired) electrons. The first-order chi connectivity index (χ1) is 9.02. The molecule has 1 amide bonds. The van der Waals surface area contributed by atoms with E-state index < -0.39 is 5.97 Å². The molecule has 1 aromatic carbocycles. The molecular formula is C13H15N3O3. The summed E-state index contributed by atoms with van der Waals surface area (Å²) in [5.41, 5.74) is 2.03. The maximum absolute atomic E-state index is 12.4. The van der Waals surface area contributed by atoms with Crippen molar-refractivity contribution in [3.8, 4) is 0 Å². The summed E-state index contributed by atoms with van der Waals surface area (Å²) in [5, 5.41) is 16.4. The van der Waals surface area contributed by atoms with E-state index in [2.05, 4.69) is 10.2 Å². The average Bonchev–Trinajstić information content (AvgIpc) is 2.81. The molecule has 0 aliphatic rings. The third-order valence-electron chi connectivity index (χ3n) is 2.92. The fraction of sp³-hybridized carbons (Fsp3) is 0.308. The number of fused-ring (bicyclic) bond motifs is 1. The van der Waals surface area contributed by atoms with Crippen LogP contribution in [0.25, 0.3) is 10.9 Å². The van der Waals surface area contributed by atoms with Crippen LogP contribution in [-0.4, -0.2) is 45.2 Å². The lowest BCUT2D eigenvalue weighted by atomic mass is 10.1. The van der Waals surface area contributed by atoms with Gasteiger partial charge in [-0.2, -0.15) is 5.10 Å². The number of carboxylic acids is 1. The van der Waals surface area contributed by atoms with Crippen molar-refractivity contribution in [3.63, 3.8) is 0 Å². The number of benzene rings is 1.